The molecule has 0 unspecified atom stereocenters. The molecule has 2 fully saturated rings. The van der Waals surface area contributed by atoms with Crippen LogP contribution in [-0.4, -0.2) is 18.2 Å². The van der Waals surface area contributed by atoms with Crippen LogP contribution in [0.1, 0.15) is 32.1 Å². The molecule has 4 bridgehead atoms. The van der Waals surface area contributed by atoms with E-state index in [1.807, 2.05) is 0 Å². The third-order valence-corrected chi connectivity index (χ3v) is 4.41. The molecule has 0 aromatic heterocycles. The second-order valence-electron chi connectivity index (χ2n) is 5.35. The standard InChI is InChI=1S/C12H16O3/c1-15-10-8-2-7-3-9(10)6-12(4-7,5-8)11(13)14/h7-8H,2-6H2,1H3,(H,13,14)/t7-,8-,12+/m1/s1. The van der Waals surface area contributed by atoms with Crippen LogP contribution in [0, 0.1) is 17.3 Å². The van der Waals surface area contributed by atoms with Gasteiger partial charge in [-0.15, -0.1) is 0 Å². The van der Waals surface area contributed by atoms with Crippen molar-refractivity contribution in [3.8, 4) is 0 Å². The number of ether oxygens (including phenoxy) is 1. The van der Waals surface area contributed by atoms with Crippen LogP contribution >= 0.6 is 0 Å². The number of carboxylic acid groups (broad SMARTS) is 1. The minimum absolute atomic E-state index is 0.391. The molecular weight excluding hydrogens is 192 g/mol. The van der Waals surface area contributed by atoms with Crippen molar-refractivity contribution < 1.29 is 14.6 Å². The van der Waals surface area contributed by atoms with E-state index in [0.717, 1.165) is 37.9 Å². The van der Waals surface area contributed by atoms with Gasteiger partial charge in [0, 0.05) is 5.92 Å². The van der Waals surface area contributed by atoms with Gasteiger partial charge in [-0.3, -0.25) is 4.79 Å². The van der Waals surface area contributed by atoms with E-state index in [1.165, 1.54) is 5.57 Å². The topological polar surface area (TPSA) is 46.5 Å². The Morgan fingerprint density at radius 1 is 1.53 bits per heavy atom. The molecule has 3 heteroatoms. The number of allylic oxidation sites excluding steroid dienone is 2. The second-order valence-corrected chi connectivity index (χ2v) is 5.35. The van der Waals surface area contributed by atoms with Crippen molar-refractivity contribution in [3.05, 3.63) is 11.3 Å². The van der Waals surface area contributed by atoms with Crippen molar-refractivity contribution in [1.82, 2.24) is 0 Å². The normalized spacial score (nSPS) is 42.2. The van der Waals surface area contributed by atoms with E-state index in [0.29, 0.717) is 11.8 Å². The van der Waals surface area contributed by atoms with Gasteiger partial charge in [0.05, 0.1) is 18.3 Å². The van der Waals surface area contributed by atoms with Gasteiger partial charge in [0.15, 0.2) is 0 Å². The first kappa shape index (κ1) is 9.25. The van der Waals surface area contributed by atoms with E-state index < -0.39 is 11.4 Å². The Bertz CT molecular complexity index is 358. The molecule has 4 aliphatic rings. The molecule has 0 radical (unpaired) electrons. The Hall–Kier alpha value is -0.990. The summed E-state index contributed by atoms with van der Waals surface area (Å²) in [7, 11) is 1.72. The van der Waals surface area contributed by atoms with E-state index in [-0.39, 0.29) is 0 Å². The quantitative estimate of drug-likeness (QED) is 0.756. The van der Waals surface area contributed by atoms with Crippen LogP contribution in [0.4, 0.5) is 0 Å². The van der Waals surface area contributed by atoms with Crippen molar-refractivity contribution in [1.29, 1.82) is 0 Å². The average molecular weight is 208 g/mol. The molecule has 0 aliphatic heterocycles. The maximum Gasteiger partial charge on any atom is 0.309 e. The summed E-state index contributed by atoms with van der Waals surface area (Å²) in [4.78, 5) is 11.4. The zero-order valence-corrected chi connectivity index (χ0v) is 8.95. The fourth-order valence-electron chi connectivity index (χ4n) is 4.04. The Labute approximate surface area is 89.1 Å². The highest BCUT2D eigenvalue weighted by Gasteiger charge is 2.55. The van der Waals surface area contributed by atoms with Crippen LogP contribution in [0.5, 0.6) is 0 Å². The van der Waals surface area contributed by atoms with Crippen molar-refractivity contribution in [2.75, 3.05) is 7.11 Å². The highest BCUT2D eigenvalue weighted by atomic mass is 16.5. The number of aliphatic carboxylic acids is 1. The summed E-state index contributed by atoms with van der Waals surface area (Å²) in [5.41, 5.74) is 0.849. The summed E-state index contributed by atoms with van der Waals surface area (Å²) in [6.45, 7) is 0. The molecule has 0 aromatic rings. The number of methoxy groups -OCH3 is 1. The summed E-state index contributed by atoms with van der Waals surface area (Å²) < 4.78 is 5.44. The predicted molar refractivity (Wildman–Crippen MR) is 54.2 cm³/mol. The molecule has 0 spiro atoms. The molecule has 1 N–H and O–H groups in total. The minimum Gasteiger partial charge on any atom is -0.501 e. The predicted octanol–water partition coefficient (Wildman–Crippen LogP) is 2.18. The summed E-state index contributed by atoms with van der Waals surface area (Å²) in [5, 5.41) is 9.37. The summed E-state index contributed by atoms with van der Waals surface area (Å²) in [6.07, 6.45) is 4.64. The Kier molecular flexibility index (Phi) is 1.71. The molecule has 3 atom stereocenters. The van der Waals surface area contributed by atoms with Gasteiger partial charge >= 0.3 is 5.97 Å². The number of hydrogen-bond acceptors (Lipinski definition) is 2. The highest BCUT2D eigenvalue weighted by Crippen LogP contribution is 2.59. The molecule has 0 heterocycles. The summed E-state index contributed by atoms with van der Waals surface area (Å²) >= 11 is 0. The fraction of sp³-hybridized carbons (Fsp3) is 0.750. The smallest absolute Gasteiger partial charge is 0.309 e. The summed E-state index contributed by atoms with van der Waals surface area (Å²) in [6, 6.07) is 0. The van der Waals surface area contributed by atoms with Crippen LogP contribution < -0.4 is 0 Å². The highest BCUT2D eigenvalue weighted by molar-refractivity contribution is 5.76. The fourth-order valence-corrected chi connectivity index (χ4v) is 4.04. The number of hydrogen-bond donors (Lipinski definition) is 1. The first-order chi connectivity index (χ1) is 7.14. The van der Waals surface area contributed by atoms with Crippen LogP contribution in [0.25, 0.3) is 0 Å². The van der Waals surface area contributed by atoms with E-state index in [4.69, 9.17) is 4.74 Å². The minimum atomic E-state index is -0.593. The van der Waals surface area contributed by atoms with E-state index in [1.54, 1.807) is 7.11 Å². The van der Waals surface area contributed by atoms with Gasteiger partial charge in [-0.05, 0) is 43.6 Å². The van der Waals surface area contributed by atoms with E-state index in [9.17, 15) is 9.90 Å². The maximum atomic E-state index is 11.4. The van der Waals surface area contributed by atoms with Crippen molar-refractivity contribution in [2.45, 2.75) is 32.1 Å². The van der Waals surface area contributed by atoms with Gasteiger partial charge in [-0.1, -0.05) is 0 Å². The van der Waals surface area contributed by atoms with Gasteiger partial charge in [0.25, 0.3) is 0 Å². The lowest BCUT2D eigenvalue weighted by Gasteiger charge is -2.51. The van der Waals surface area contributed by atoms with Gasteiger partial charge in [0.2, 0.25) is 0 Å². The molecule has 0 saturated heterocycles. The Balaban J connectivity index is 2.04. The van der Waals surface area contributed by atoms with Gasteiger partial charge in [-0.2, -0.15) is 0 Å². The molecule has 3 nitrogen and oxygen atoms in total. The van der Waals surface area contributed by atoms with Crippen LogP contribution in [0.2, 0.25) is 0 Å². The molecule has 15 heavy (non-hydrogen) atoms. The molecule has 0 aromatic carbocycles. The lowest BCUT2D eigenvalue weighted by atomic mass is 9.53. The lowest BCUT2D eigenvalue weighted by Crippen LogP contribution is -2.47. The maximum absolute atomic E-state index is 11.4. The third kappa shape index (κ3) is 1.09. The molecule has 2 saturated carbocycles. The zero-order chi connectivity index (χ0) is 10.6. The molecule has 82 valence electrons. The summed E-state index contributed by atoms with van der Waals surface area (Å²) in [5.74, 6) is 1.51. The van der Waals surface area contributed by atoms with E-state index in [2.05, 4.69) is 0 Å². The number of rotatable bonds is 2. The number of carbonyl (C=O) groups is 1. The first-order valence-corrected chi connectivity index (χ1v) is 5.64. The molecular formula is C12H16O3. The largest absolute Gasteiger partial charge is 0.501 e. The van der Waals surface area contributed by atoms with Crippen molar-refractivity contribution >= 4 is 5.97 Å². The van der Waals surface area contributed by atoms with Crippen molar-refractivity contribution in [3.63, 3.8) is 0 Å². The average Bonchev–Trinajstić information content (AvgIpc) is 2.16. The number of carboxylic acids is 1. The second kappa shape index (κ2) is 2.77. The molecule has 0 amide bonds. The van der Waals surface area contributed by atoms with Crippen LogP contribution in [-0.2, 0) is 9.53 Å². The Morgan fingerprint density at radius 2 is 2.33 bits per heavy atom. The zero-order valence-electron chi connectivity index (χ0n) is 8.95. The van der Waals surface area contributed by atoms with Gasteiger partial charge < -0.3 is 9.84 Å². The van der Waals surface area contributed by atoms with Crippen LogP contribution in [0.3, 0.4) is 0 Å². The molecule has 4 rings (SSSR count). The van der Waals surface area contributed by atoms with Gasteiger partial charge in [-0.25, -0.2) is 0 Å². The Morgan fingerprint density at radius 3 is 2.93 bits per heavy atom. The third-order valence-electron chi connectivity index (χ3n) is 4.41. The van der Waals surface area contributed by atoms with Crippen molar-refractivity contribution in [2.24, 2.45) is 17.3 Å². The molecule has 4 aliphatic carbocycles. The lowest BCUT2D eigenvalue weighted by molar-refractivity contribution is -0.156. The SMILES string of the molecule is COC1=C2C[C@H]3C[C@@H]1C[C@](C(=O)O)(C2)C3. The van der Waals surface area contributed by atoms with Gasteiger partial charge in [0.1, 0.15) is 0 Å². The van der Waals surface area contributed by atoms with Crippen LogP contribution in [0.15, 0.2) is 11.3 Å². The van der Waals surface area contributed by atoms with E-state index >= 15 is 0 Å². The first-order valence-electron chi connectivity index (χ1n) is 5.64. The monoisotopic (exact) mass is 208 g/mol.